The first-order chi connectivity index (χ1) is 24.5. The minimum atomic E-state index is -4.02. The highest BCUT2D eigenvalue weighted by Gasteiger charge is 2.49. The highest BCUT2D eigenvalue weighted by atomic mass is 32.2. The number of ketones is 3. The van der Waals surface area contributed by atoms with Gasteiger partial charge in [-0.25, -0.2) is 0 Å². The predicted octanol–water partition coefficient (Wildman–Crippen LogP) is 11.9. The molecule has 0 amide bonds. The number of carbonyl (C=O) groups is 3. The lowest BCUT2D eigenvalue weighted by Crippen LogP contribution is -2.46. The summed E-state index contributed by atoms with van der Waals surface area (Å²) in [5.74, 6) is -0.164. The van der Waals surface area contributed by atoms with Gasteiger partial charge in [0.15, 0.2) is 17.3 Å². The number of nitrogens with two attached hydrogens (primary N) is 1. The van der Waals surface area contributed by atoms with E-state index in [4.69, 9.17) is 10.3 Å². The van der Waals surface area contributed by atoms with Crippen molar-refractivity contribution in [3.8, 4) is 0 Å². The lowest BCUT2D eigenvalue weighted by molar-refractivity contribution is -0.150. The second-order valence-electron chi connectivity index (χ2n) is 14.7. The number of unbranched alkanes of at least 4 members (excludes halogenated alkanes) is 20. The predicted molar refractivity (Wildman–Crippen MR) is 214 cm³/mol. The van der Waals surface area contributed by atoms with Crippen LogP contribution in [-0.2, 0) is 24.5 Å². The van der Waals surface area contributed by atoms with Gasteiger partial charge in [0.1, 0.15) is 5.41 Å². The molecule has 1 aromatic rings. The van der Waals surface area contributed by atoms with Gasteiger partial charge in [-0.3, -0.25) is 18.9 Å². The van der Waals surface area contributed by atoms with Crippen LogP contribution in [0.4, 0.5) is 0 Å². The number of Topliss-reactive ketones (excluding diaryl/α,β-unsaturated/α-hetero) is 3. The normalized spacial score (nSPS) is 11.6. The zero-order valence-corrected chi connectivity index (χ0v) is 34.1. The fourth-order valence-electron chi connectivity index (χ4n) is 6.67. The molecule has 0 spiro atoms. The molecule has 0 aliphatic heterocycles. The fourth-order valence-corrected chi connectivity index (χ4v) is 7.15. The first kappa shape index (κ1) is 49.1. The Morgan fingerprint density at radius 1 is 0.529 bits per heavy atom. The molecule has 0 bridgehead atoms. The molecule has 0 saturated heterocycles. The molecular formula is C43H77NO6S. The Labute approximate surface area is 313 Å². The van der Waals surface area contributed by atoms with Gasteiger partial charge in [0.25, 0.3) is 10.1 Å². The first-order valence-corrected chi connectivity index (χ1v) is 22.3. The van der Waals surface area contributed by atoms with E-state index in [2.05, 4.69) is 20.8 Å². The van der Waals surface area contributed by atoms with Gasteiger partial charge >= 0.3 is 0 Å². The summed E-state index contributed by atoms with van der Waals surface area (Å²) in [5.41, 5.74) is 5.17. The lowest BCUT2D eigenvalue weighted by Gasteiger charge is -2.30. The molecular weight excluding hydrogens is 659 g/mol. The molecule has 0 saturated carbocycles. The number of aryl methyl sites for hydroxylation is 1. The molecule has 1 aromatic carbocycles. The highest BCUT2D eigenvalue weighted by molar-refractivity contribution is 7.85. The Morgan fingerprint density at radius 3 is 1.18 bits per heavy atom. The lowest BCUT2D eigenvalue weighted by atomic mass is 9.68. The van der Waals surface area contributed by atoms with Crippen molar-refractivity contribution in [1.29, 1.82) is 0 Å². The van der Waals surface area contributed by atoms with E-state index >= 15 is 0 Å². The van der Waals surface area contributed by atoms with Crippen molar-refractivity contribution >= 4 is 27.5 Å². The van der Waals surface area contributed by atoms with E-state index in [1.165, 1.54) is 82.8 Å². The molecule has 3 N–H and O–H groups in total. The quantitative estimate of drug-likeness (QED) is 0.0417. The Bertz CT molecular complexity index is 1070. The molecule has 0 unspecified atom stereocenters. The molecule has 0 aliphatic carbocycles. The second kappa shape index (κ2) is 31.6. The van der Waals surface area contributed by atoms with Crippen molar-refractivity contribution < 1.29 is 27.4 Å². The van der Waals surface area contributed by atoms with Crippen LogP contribution in [0.5, 0.6) is 0 Å². The maximum absolute atomic E-state index is 13.9. The van der Waals surface area contributed by atoms with Crippen molar-refractivity contribution in [2.75, 3.05) is 6.54 Å². The third-order valence-corrected chi connectivity index (χ3v) is 10.9. The highest BCUT2D eigenvalue weighted by Crippen LogP contribution is 2.35. The average molecular weight is 736 g/mol. The van der Waals surface area contributed by atoms with Crippen molar-refractivity contribution in [2.24, 2.45) is 11.1 Å². The zero-order valence-electron chi connectivity index (χ0n) is 33.3. The first-order valence-electron chi connectivity index (χ1n) is 20.8. The smallest absolute Gasteiger partial charge is 0.294 e. The largest absolute Gasteiger partial charge is 0.330 e. The molecule has 0 fully saturated rings. The zero-order chi connectivity index (χ0) is 38.2. The number of hydrogen-bond acceptors (Lipinski definition) is 6. The summed E-state index contributed by atoms with van der Waals surface area (Å²) < 4.78 is 29.6. The summed E-state index contributed by atoms with van der Waals surface area (Å²) >= 11 is 0. The maximum atomic E-state index is 13.9. The van der Waals surface area contributed by atoms with E-state index in [1.54, 1.807) is 12.1 Å². The molecule has 0 radical (unpaired) electrons. The average Bonchev–Trinajstić information content (AvgIpc) is 3.10. The standard InChI is InChI=1S/C36H69NO3.C7H8O3S/c1-4-7-10-18-23-28-33(38)36(34(39)29-24-19-11-8-5-2,35(40)30-25-20-12-9-6-3)31-26-21-16-14-13-15-17-22-27-32-37;1-6-2-4-7(5-3-6)11(8,9)10/h4-32,37H2,1-3H3;2-5H,1H3,(H,8,9,10). The molecule has 0 heterocycles. The monoisotopic (exact) mass is 736 g/mol. The summed E-state index contributed by atoms with van der Waals surface area (Å²) in [6.45, 7) is 9.20. The number of carbonyl (C=O) groups excluding carboxylic acids is 3. The third-order valence-electron chi connectivity index (χ3n) is 10.0. The minimum absolute atomic E-state index is 0.0546. The third kappa shape index (κ3) is 23.4. The Kier molecular flexibility index (Phi) is 30.4. The van der Waals surface area contributed by atoms with Crippen LogP contribution in [0.15, 0.2) is 29.2 Å². The van der Waals surface area contributed by atoms with E-state index < -0.39 is 15.5 Å². The van der Waals surface area contributed by atoms with Crippen molar-refractivity contribution in [2.45, 2.75) is 212 Å². The van der Waals surface area contributed by atoms with E-state index in [9.17, 15) is 22.8 Å². The van der Waals surface area contributed by atoms with Gasteiger partial charge in [0.2, 0.25) is 0 Å². The number of benzene rings is 1. The number of hydrogen-bond donors (Lipinski definition) is 2. The SMILES string of the molecule is CCCCCCCC(=O)C(CCCCCCCCCCCN)(C(=O)CCCCCCC)C(=O)CCCCCCC.Cc1ccc(S(=O)(=O)O)cc1. The van der Waals surface area contributed by atoms with Gasteiger partial charge in [-0.05, 0) is 57.7 Å². The molecule has 51 heavy (non-hydrogen) atoms. The molecule has 296 valence electrons. The molecule has 8 heteroatoms. The summed E-state index contributed by atoms with van der Waals surface area (Å²) in [6, 6.07) is 5.99. The van der Waals surface area contributed by atoms with Crippen LogP contribution in [0, 0.1) is 12.3 Å². The molecule has 0 aromatic heterocycles. The summed E-state index contributed by atoms with van der Waals surface area (Å²) in [5, 5.41) is 0. The van der Waals surface area contributed by atoms with Crippen LogP contribution in [0.3, 0.4) is 0 Å². The molecule has 7 nitrogen and oxygen atoms in total. The van der Waals surface area contributed by atoms with Crippen LogP contribution in [0.25, 0.3) is 0 Å². The summed E-state index contributed by atoms with van der Waals surface area (Å²) in [7, 11) is -4.02. The van der Waals surface area contributed by atoms with Crippen LogP contribution in [-0.4, -0.2) is 36.9 Å². The second-order valence-corrected chi connectivity index (χ2v) is 16.1. The Hall–Kier alpha value is -1.90. The van der Waals surface area contributed by atoms with E-state index in [-0.39, 0.29) is 22.2 Å². The van der Waals surface area contributed by atoms with E-state index in [0.29, 0.717) is 25.7 Å². The topological polar surface area (TPSA) is 132 Å². The summed E-state index contributed by atoms with van der Waals surface area (Å²) in [4.78, 5) is 41.6. The minimum Gasteiger partial charge on any atom is -0.330 e. The maximum Gasteiger partial charge on any atom is 0.294 e. The van der Waals surface area contributed by atoms with Crippen molar-refractivity contribution in [3.05, 3.63) is 29.8 Å². The van der Waals surface area contributed by atoms with E-state index in [1.807, 2.05) is 6.92 Å². The molecule has 1 rings (SSSR count). The van der Waals surface area contributed by atoms with E-state index in [0.717, 1.165) is 95.6 Å². The van der Waals surface area contributed by atoms with Gasteiger partial charge in [0, 0.05) is 19.3 Å². The Balaban J connectivity index is 0.00000191. The van der Waals surface area contributed by atoms with Gasteiger partial charge in [0.05, 0.1) is 4.90 Å². The van der Waals surface area contributed by atoms with Gasteiger partial charge in [-0.1, -0.05) is 167 Å². The molecule has 0 atom stereocenters. The summed E-state index contributed by atoms with van der Waals surface area (Å²) in [6.07, 6.45) is 27.7. The van der Waals surface area contributed by atoms with Gasteiger partial charge in [-0.15, -0.1) is 0 Å². The molecule has 0 aliphatic rings. The number of rotatable bonds is 33. The van der Waals surface area contributed by atoms with Gasteiger partial charge in [-0.2, -0.15) is 8.42 Å². The fraction of sp³-hybridized carbons (Fsp3) is 0.791. The van der Waals surface area contributed by atoms with Crippen molar-refractivity contribution in [3.63, 3.8) is 0 Å². The Morgan fingerprint density at radius 2 is 0.843 bits per heavy atom. The van der Waals surface area contributed by atoms with Gasteiger partial charge < -0.3 is 5.73 Å². The van der Waals surface area contributed by atoms with Crippen LogP contribution < -0.4 is 5.73 Å². The van der Waals surface area contributed by atoms with Crippen LogP contribution in [0.1, 0.15) is 206 Å². The van der Waals surface area contributed by atoms with Crippen molar-refractivity contribution in [1.82, 2.24) is 0 Å². The van der Waals surface area contributed by atoms with Crippen LogP contribution in [0.2, 0.25) is 0 Å². The van der Waals surface area contributed by atoms with Crippen LogP contribution >= 0.6 is 0 Å².